The van der Waals surface area contributed by atoms with Crippen molar-refractivity contribution in [1.82, 2.24) is 0 Å². The van der Waals surface area contributed by atoms with Gasteiger partial charge in [-0.3, -0.25) is 4.89 Å². The second kappa shape index (κ2) is 7.32. The van der Waals surface area contributed by atoms with Gasteiger partial charge in [-0.1, -0.05) is 6.42 Å². The molecule has 0 saturated heterocycles. The number of nitrogens with two attached hydrogens (primary N) is 2. The molecule has 0 aliphatic rings. The van der Waals surface area contributed by atoms with E-state index in [0.29, 0.717) is 19.4 Å². The van der Waals surface area contributed by atoms with Gasteiger partial charge in [0, 0.05) is 0 Å². The molecule has 0 radical (unpaired) electrons. The van der Waals surface area contributed by atoms with Gasteiger partial charge < -0.3 is 25.8 Å². The molecule has 0 spiro atoms. The van der Waals surface area contributed by atoms with Gasteiger partial charge in [0.05, 0.1) is 0 Å². The van der Waals surface area contributed by atoms with Crippen molar-refractivity contribution in [2.24, 2.45) is 11.5 Å². The second-order valence-corrected chi connectivity index (χ2v) is 6.10. The first-order valence-electron chi connectivity index (χ1n) is 4.86. The molecule has 0 saturated carbocycles. The van der Waals surface area contributed by atoms with E-state index in [-0.39, 0.29) is 6.42 Å². The fourth-order valence-corrected chi connectivity index (χ4v) is 2.53. The second-order valence-electron chi connectivity index (χ2n) is 3.34. The minimum absolute atomic E-state index is 0.159. The van der Waals surface area contributed by atoms with Gasteiger partial charge in [-0.05, 0) is 19.4 Å². The first kappa shape index (κ1) is 17.7. The number of carbonyl (C=O) groups excluding carboxylic acids is 1. The van der Waals surface area contributed by atoms with Gasteiger partial charge in [0.2, 0.25) is 0 Å². The maximum atomic E-state index is 11.2. The Morgan fingerprint density at radius 1 is 1.22 bits per heavy atom. The van der Waals surface area contributed by atoms with E-state index in [0.717, 1.165) is 0 Å². The Morgan fingerprint density at radius 2 is 1.78 bits per heavy atom. The molecule has 0 amide bonds. The molecule has 7 N–H and O–H groups in total. The Bertz CT molecular complexity index is 369. The van der Waals surface area contributed by atoms with Crippen molar-refractivity contribution in [3.63, 3.8) is 0 Å². The van der Waals surface area contributed by atoms with Crippen LogP contribution < -0.4 is 11.5 Å². The van der Waals surface area contributed by atoms with Crippen LogP contribution in [0.1, 0.15) is 19.3 Å². The number of phosphoric ester groups is 1. The van der Waals surface area contributed by atoms with Crippen LogP contribution in [0.15, 0.2) is 0 Å². The first-order chi connectivity index (χ1) is 8.07. The van der Waals surface area contributed by atoms with E-state index in [1.165, 1.54) is 0 Å². The highest BCUT2D eigenvalue weighted by Crippen LogP contribution is 2.57. The summed E-state index contributed by atoms with van der Waals surface area (Å²) in [5.41, 5.74) is 10.5. The zero-order valence-corrected chi connectivity index (χ0v) is 11.1. The van der Waals surface area contributed by atoms with Crippen molar-refractivity contribution < 1.29 is 37.4 Å². The standard InChI is InChI=1S/C6H16N2O8P2/c7-4-2-1-3-5(8)6(9)15-18(13,14)16-17(10,11)12/h5H,1-4,7-8H2,(H,13,14)(H2,10,11,12). The zero-order chi connectivity index (χ0) is 14.4. The van der Waals surface area contributed by atoms with Gasteiger partial charge in [0.1, 0.15) is 6.04 Å². The van der Waals surface area contributed by atoms with E-state index in [2.05, 4.69) is 8.83 Å². The van der Waals surface area contributed by atoms with Gasteiger partial charge >= 0.3 is 21.6 Å². The summed E-state index contributed by atoms with van der Waals surface area (Å²) < 4.78 is 28.6. The smallest absolute Gasteiger partial charge is 0.369 e. The summed E-state index contributed by atoms with van der Waals surface area (Å²) in [6, 6.07) is -1.20. The molecule has 12 heteroatoms. The van der Waals surface area contributed by atoms with Crippen LogP contribution in [0.4, 0.5) is 0 Å². The predicted molar refractivity (Wildman–Crippen MR) is 59.9 cm³/mol. The summed E-state index contributed by atoms with van der Waals surface area (Å²) in [7, 11) is -10.4. The quantitative estimate of drug-likeness (QED) is 0.281. The molecular formula is C6H16N2O8P2. The maximum absolute atomic E-state index is 11.2. The number of carbonyl (C=O) groups is 1. The number of phosphoric acid groups is 2. The normalized spacial score (nSPS) is 16.9. The lowest BCUT2D eigenvalue weighted by Crippen LogP contribution is -2.31. The number of rotatable bonds is 8. The van der Waals surface area contributed by atoms with E-state index in [9.17, 15) is 13.9 Å². The minimum Gasteiger partial charge on any atom is -0.369 e. The average Bonchev–Trinajstić information content (AvgIpc) is 2.12. The monoisotopic (exact) mass is 306 g/mol. The van der Waals surface area contributed by atoms with Crippen molar-refractivity contribution in [2.45, 2.75) is 25.3 Å². The largest absolute Gasteiger partial charge is 0.538 e. The predicted octanol–water partition coefficient (Wildman–Crippen LogP) is -0.804. The Morgan fingerprint density at radius 3 is 2.22 bits per heavy atom. The van der Waals surface area contributed by atoms with Gasteiger partial charge in [0.25, 0.3) is 0 Å². The molecule has 108 valence electrons. The maximum Gasteiger partial charge on any atom is 0.538 e. The van der Waals surface area contributed by atoms with E-state index in [4.69, 9.17) is 26.1 Å². The summed E-state index contributed by atoms with van der Waals surface area (Å²) in [5, 5.41) is 0. The Balaban J connectivity index is 4.29. The fraction of sp³-hybridized carbons (Fsp3) is 0.833. The molecule has 0 aromatic rings. The van der Waals surface area contributed by atoms with Crippen molar-refractivity contribution in [2.75, 3.05) is 6.54 Å². The first-order valence-corrected chi connectivity index (χ1v) is 7.89. The SMILES string of the molecule is NCCCCC(N)C(=O)OP(=O)(O)OP(=O)(O)O. The molecule has 0 heterocycles. The summed E-state index contributed by atoms with van der Waals surface area (Å²) >= 11 is 0. The van der Waals surface area contributed by atoms with Crippen LogP contribution in [0.25, 0.3) is 0 Å². The van der Waals surface area contributed by atoms with Gasteiger partial charge in [-0.15, -0.1) is 0 Å². The molecule has 2 unspecified atom stereocenters. The lowest BCUT2D eigenvalue weighted by molar-refractivity contribution is -0.137. The molecule has 2 atom stereocenters. The third-order valence-electron chi connectivity index (χ3n) is 1.69. The zero-order valence-electron chi connectivity index (χ0n) is 9.34. The molecule has 0 fully saturated rings. The van der Waals surface area contributed by atoms with Crippen LogP contribution in [0.2, 0.25) is 0 Å². The lowest BCUT2D eigenvalue weighted by atomic mass is 10.1. The number of unbranched alkanes of at least 4 members (excludes halogenated alkanes) is 1. The van der Waals surface area contributed by atoms with Crippen molar-refractivity contribution in [1.29, 1.82) is 0 Å². The van der Waals surface area contributed by atoms with Crippen molar-refractivity contribution in [3.05, 3.63) is 0 Å². The van der Waals surface area contributed by atoms with Crippen LogP contribution in [0.5, 0.6) is 0 Å². The van der Waals surface area contributed by atoms with E-state index in [1.54, 1.807) is 0 Å². The van der Waals surface area contributed by atoms with Crippen LogP contribution >= 0.6 is 15.6 Å². The fourth-order valence-electron chi connectivity index (χ4n) is 0.959. The molecule has 0 aromatic heterocycles. The van der Waals surface area contributed by atoms with Gasteiger partial charge in [-0.25, -0.2) is 13.9 Å². The molecular weight excluding hydrogens is 290 g/mol. The molecule has 0 aliphatic heterocycles. The van der Waals surface area contributed by atoms with E-state index in [1.807, 2.05) is 0 Å². The third-order valence-corrected chi connectivity index (χ3v) is 3.77. The van der Waals surface area contributed by atoms with Crippen LogP contribution in [-0.4, -0.2) is 33.2 Å². The highest BCUT2D eigenvalue weighted by Gasteiger charge is 2.36. The Kier molecular flexibility index (Phi) is 7.19. The molecule has 0 rings (SSSR count). The third kappa shape index (κ3) is 8.73. The van der Waals surface area contributed by atoms with Crippen LogP contribution in [-0.2, 0) is 22.8 Å². The summed E-state index contributed by atoms with van der Waals surface area (Å²) in [6.45, 7) is 0.404. The summed E-state index contributed by atoms with van der Waals surface area (Å²) in [5.74, 6) is -1.29. The molecule has 0 bridgehead atoms. The van der Waals surface area contributed by atoms with Crippen LogP contribution in [0, 0.1) is 0 Å². The summed E-state index contributed by atoms with van der Waals surface area (Å²) in [4.78, 5) is 36.7. The molecule has 0 aliphatic carbocycles. The Labute approximate surface area is 103 Å². The molecule has 0 aromatic carbocycles. The van der Waals surface area contributed by atoms with Gasteiger partial charge in [-0.2, -0.15) is 4.31 Å². The van der Waals surface area contributed by atoms with E-state index < -0.39 is 27.7 Å². The number of hydrogen-bond acceptors (Lipinski definition) is 7. The van der Waals surface area contributed by atoms with E-state index >= 15 is 0 Å². The highest BCUT2D eigenvalue weighted by atomic mass is 31.3. The number of hydrogen-bond donors (Lipinski definition) is 5. The van der Waals surface area contributed by atoms with Crippen molar-refractivity contribution >= 4 is 21.6 Å². The molecule has 10 nitrogen and oxygen atoms in total. The van der Waals surface area contributed by atoms with Crippen molar-refractivity contribution in [3.8, 4) is 0 Å². The molecule has 18 heavy (non-hydrogen) atoms. The average molecular weight is 306 g/mol. The van der Waals surface area contributed by atoms with Gasteiger partial charge in [0.15, 0.2) is 0 Å². The van der Waals surface area contributed by atoms with Crippen LogP contribution in [0.3, 0.4) is 0 Å². The Hall–Kier alpha value is -0.310. The highest BCUT2D eigenvalue weighted by molar-refractivity contribution is 7.61. The topological polar surface area (TPSA) is 182 Å². The lowest BCUT2D eigenvalue weighted by Gasteiger charge is -2.15. The minimum atomic E-state index is -5.25. The summed E-state index contributed by atoms with van der Waals surface area (Å²) in [6.07, 6.45) is 1.27.